The fourth-order valence-corrected chi connectivity index (χ4v) is 4.70. The van der Waals surface area contributed by atoms with Gasteiger partial charge in [-0.25, -0.2) is 14.4 Å². The third-order valence-corrected chi connectivity index (χ3v) is 6.30. The molecule has 4 aromatic rings. The molecule has 0 atom stereocenters. The van der Waals surface area contributed by atoms with Gasteiger partial charge in [0, 0.05) is 42.3 Å². The number of benzene rings is 2. The Labute approximate surface area is 184 Å². The Morgan fingerprint density at radius 2 is 1.84 bits per heavy atom. The molecule has 4 heterocycles. The minimum atomic E-state index is -0.746. The normalized spacial score (nSPS) is 16.4. The van der Waals surface area contributed by atoms with Crippen molar-refractivity contribution in [2.75, 3.05) is 23.3 Å². The number of amides is 1. The van der Waals surface area contributed by atoms with E-state index in [4.69, 9.17) is 4.98 Å². The molecule has 2 aliphatic heterocycles. The molecule has 0 radical (unpaired) electrons. The van der Waals surface area contributed by atoms with Gasteiger partial charge >= 0.3 is 0 Å². The van der Waals surface area contributed by atoms with Crippen molar-refractivity contribution in [1.29, 1.82) is 0 Å². The first-order valence-electron chi connectivity index (χ1n) is 10.9. The predicted molar refractivity (Wildman–Crippen MR) is 123 cm³/mol. The number of aromatic nitrogens is 3. The Bertz CT molecular complexity index is 1330. The zero-order valence-electron chi connectivity index (χ0n) is 17.5. The topological polar surface area (TPSA) is 62.5 Å². The number of nitrogens with one attached hydrogen (secondary N) is 1. The van der Waals surface area contributed by atoms with Crippen LogP contribution in [0.15, 0.2) is 60.9 Å². The first-order chi connectivity index (χ1) is 15.7. The Balaban J connectivity index is 1.56. The van der Waals surface area contributed by atoms with E-state index in [9.17, 15) is 9.18 Å². The Kier molecular flexibility index (Phi) is 4.41. The molecule has 1 saturated heterocycles. The number of piperidine rings is 1. The van der Waals surface area contributed by atoms with Crippen LogP contribution in [0.2, 0.25) is 0 Å². The van der Waals surface area contributed by atoms with Crippen LogP contribution in [0.5, 0.6) is 0 Å². The zero-order chi connectivity index (χ0) is 21.7. The average molecular weight is 427 g/mol. The fourth-order valence-electron chi connectivity index (χ4n) is 4.70. The molecule has 0 saturated carbocycles. The van der Waals surface area contributed by atoms with Crippen LogP contribution in [0.4, 0.5) is 15.9 Å². The van der Waals surface area contributed by atoms with Crippen LogP contribution >= 0.6 is 0 Å². The number of fused-ring (bicyclic) bond motifs is 2. The van der Waals surface area contributed by atoms with Gasteiger partial charge in [0.25, 0.3) is 0 Å². The van der Waals surface area contributed by atoms with E-state index in [2.05, 4.69) is 25.7 Å². The van der Waals surface area contributed by atoms with Crippen LogP contribution in [-0.2, 0) is 11.2 Å². The number of carbonyl (C=O) groups is 1. The monoisotopic (exact) mass is 427 g/mol. The van der Waals surface area contributed by atoms with E-state index in [1.54, 1.807) is 6.20 Å². The smallest absolute Gasteiger partial charge is 0.228 e. The van der Waals surface area contributed by atoms with Crippen molar-refractivity contribution in [3.63, 3.8) is 0 Å². The van der Waals surface area contributed by atoms with Gasteiger partial charge in [0.2, 0.25) is 5.91 Å². The van der Waals surface area contributed by atoms with Gasteiger partial charge in [0.05, 0.1) is 17.8 Å². The highest BCUT2D eigenvalue weighted by Crippen LogP contribution is 2.37. The molecule has 160 valence electrons. The van der Waals surface area contributed by atoms with Crippen LogP contribution in [0.3, 0.4) is 0 Å². The second kappa shape index (κ2) is 7.44. The van der Waals surface area contributed by atoms with Crippen LogP contribution in [0.1, 0.15) is 18.4 Å². The van der Waals surface area contributed by atoms with Gasteiger partial charge in [0.15, 0.2) is 11.5 Å². The van der Waals surface area contributed by atoms with Crippen molar-refractivity contribution in [3.05, 3.63) is 66.5 Å². The third kappa shape index (κ3) is 3.12. The number of hydrogen-bond donors (Lipinski definition) is 1. The van der Waals surface area contributed by atoms with E-state index in [1.807, 2.05) is 48.7 Å². The standard InChI is InChI=1S/C25H22FN5O/c26-19-8-11-30(12-9-19)24-25-29-22(16-4-2-1-3-5-16)23(31(25)13-10-27-24)17-6-7-20-18(14-17)15-21(32)28-20/h1-7,10,13-14,19H,8-9,11-12,15H2,(H,28,32). The molecular formula is C25H22FN5O. The number of nitrogens with zero attached hydrogens (tertiary/aromatic N) is 4. The first-order valence-corrected chi connectivity index (χ1v) is 10.9. The molecule has 6 nitrogen and oxygen atoms in total. The quantitative estimate of drug-likeness (QED) is 0.523. The molecule has 2 aliphatic rings. The molecular weight excluding hydrogens is 405 g/mol. The van der Waals surface area contributed by atoms with Crippen LogP contribution in [0, 0.1) is 0 Å². The predicted octanol–water partition coefficient (Wildman–Crippen LogP) is 4.50. The molecule has 2 aromatic heterocycles. The molecule has 1 amide bonds. The molecule has 32 heavy (non-hydrogen) atoms. The summed E-state index contributed by atoms with van der Waals surface area (Å²) < 4.78 is 15.8. The van der Waals surface area contributed by atoms with Crippen molar-refractivity contribution in [3.8, 4) is 22.5 Å². The van der Waals surface area contributed by atoms with Crippen molar-refractivity contribution in [1.82, 2.24) is 14.4 Å². The number of carbonyl (C=O) groups excluding carboxylic acids is 1. The van der Waals surface area contributed by atoms with Crippen molar-refractivity contribution < 1.29 is 9.18 Å². The Hall–Kier alpha value is -3.74. The highest BCUT2D eigenvalue weighted by atomic mass is 19.1. The summed E-state index contributed by atoms with van der Waals surface area (Å²) in [5.74, 6) is 0.794. The zero-order valence-corrected chi connectivity index (χ0v) is 17.5. The maximum atomic E-state index is 13.7. The molecule has 2 aromatic carbocycles. The van der Waals surface area contributed by atoms with Crippen LogP contribution < -0.4 is 10.2 Å². The summed E-state index contributed by atoms with van der Waals surface area (Å²) in [5.41, 5.74) is 6.43. The van der Waals surface area contributed by atoms with Gasteiger partial charge in [-0.2, -0.15) is 0 Å². The number of anilines is 2. The first kappa shape index (κ1) is 19.0. The van der Waals surface area contributed by atoms with Gasteiger partial charge in [-0.1, -0.05) is 36.4 Å². The van der Waals surface area contributed by atoms with E-state index in [0.29, 0.717) is 32.4 Å². The Morgan fingerprint density at radius 3 is 2.66 bits per heavy atom. The van der Waals surface area contributed by atoms with Crippen LogP contribution in [-0.4, -0.2) is 39.5 Å². The van der Waals surface area contributed by atoms with Crippen molar-refractivity contribution in [2.24, 2.45) is 0 Å². The highest BCUT2D eigenvalue weighted by molar-refractivity contribution is 6.00. The van der Waals surface area contributed by atoms with Gasteiger partial charge in [-0.05, 0) is 30.5 Å². The van der Waals surface area contributed by atoms with Crippen molar-refractivity contribution >= 4 is 23.1 Å². The number of hydrogen-bond acceptors (Lipinski definition) is 4. The largest absolute Gasteiger partial charge is 0.353 e. The molecule has 0 unspecified atom stereocenters. The molecule has 1 N–H and O–H groups in total. The maximum Gasteiger partial charge on any atom is 0.228 e. The lowest BCUT2D eigenvalue weighted by Gasteiger charge is -2.29. The summed E-state index contributed by atoms with van der Waals surface area (Å²) in [6.07, 6.45) is 4.35. The summed E-state index contributed by atoms with van der Waals surface area (Å²) in [5, 5.41) is 2.90. The molecule has 6 rings (SSSR count). The van der Waals surface area contributed by atoms with E-state index in [0.717, 1.165) is 45.2 Å². The lowest BCUT2D eigenvalue weighted by Crippen LogP contribution is -2.35. The summed E-state index contributed by atoms with van der Waals surface area (Å²) in [4.78, 5) is 23.7. The summed E-state index contributed by atoms with van der Waals surface area (Å²) in [7, 11) is 0. The lowest BCUT2D eigenvalue weighted by atomic mass is 10.0. The number of alkyl halides is 1. The van der Waals surface area contributed by atoms with Gasteiger partial charge < -0.3 is 10.2 Å². The van der Waals surface area contributed by atoms with E-state index >= 15 is 0 Å². The number of imidazole rings is 1. The highest BCUT2D eigenvalue weighted by Gasteiger charge is 2.25. The van der Waals surface area contributed by atoms with Gasteiger partial charge in [0.1, 0.15) is 6.17 Å². The summed E-state index contributed by atoms with van der Waals surface area (Å²) in [6, 6.07) is 16.1. The number of halogens is 1. The average Bonchev–Trinajstić information content (AvgIpc) is 3.39. The Morgan fingerprint density at radius 1 is 1.03 bits per heavy atom. The van der Waals surface area contributed by atoms with E-state index < -0.39 is 6.17 Å². The fraction of sp³-hybridized carbons (Fsp3) is 0.240. The SMILES string of the molecule is O=C1Cc2cc(-c3c(-c4ccccc4)nc4c(N5CCC(F)CC5)nccn34)ccc2N1. The third-order valence-electron chi connectivity index (χ3n) is 6.30. The molecule has 0 bridgehead atoms. The molecule has 7 heteroatoms. The van der Waals surface area contributed by atoms with E-state index in [1.165, 1.54) is 0 Å². The second-order valence-corrected chi connectivity index (χ2v) is 8.38. The van der Waals surface area contributed by atoms with Gasteiger partial charge in [-0.3, -0.25) is 9.20 Å². The summed E-state index contributed by atoms with van der Waals surface area (Å²) in [6.45, 7) is 1.26. The van der Waals surface area contributed by atoms with Crippen molar-refractivity contribution in [2.45, 2.75) is 25.4 Å². The second-order valence-electron chi connectivity index (χ2n) is 8.38. The van der Waals surface area contributed by atoms with Gasteiger partial charge in [-0.15, -0.1) is 0 Å². The minimum Gasteiger partial charge on any atom is -0.353 e. The number of rotatable bonds is 3. The molecule has 0 aliphatic carbocycles. The minimum absolute atomic E-state index is 0.0151. The summed E-state index contributed by atoms with van der Waals surface area (Å²) >= 11 is 0. The van der Waals surface area contributed by atoms with E-state index in [-0.39, 0.29) is 5.91 Å². The molecule has 1 fully saturated rings. The maximum absolute atomic E-state index is 13.7. The molecule has 0 spiro atoms. The lowest BCUT2D eigenvalue weighted by molar-refractivity contribution is -0.115. The van der Waals surface area contributed by atoms with Crippen LogP contribution in [0.25, 0.3) is 28.2 Å².